The molecule has 1 aliphatic rings. The molecule has 0 aromatic heterocycles. The standard InChI is InChI=1S/C20H23ClN2O4S/c1-14-9-10-18-17(12-14)23(28(2,25)26)13-19(27-18)20(24)22-11-5-7-15-6-3-4-8-16(15)21/h3-4,6,8-10,12,19H,5,7,11,13H2,1-2H3,(H,22,24)/t19-/m0/s1. The van der Waals surface area contributed by atoms with Crippen LogP contribution < -0.4 is 14.4 Å². The van der Waals surface area contributed by atoms with Crippen molar-refractivity contribution in [2.75, 3.05) is 23.7 Å². The lowest BCUT2D eigenvalue weighted by Crippen LogP contribution is -2.50. The molecule has 1 amide bonds. The normalized spacial score (nSPS) is 16.2. The Kier molecular flexibility index (Phi) is 6.15. The summed E-state index contributed by atoms with van der Waals surface area (Å²) in [4.78, 5) is 12.5. The summed E-state index contributed by atoms with van der Waals surface area (Å²) in [5, 5.41) is 3.54. The van der Waals surface area contributed by atoms with Gasteiger partial charge in [-0.15, -0.1) is 0 Å². The third-order valence-corrected chi connectivity index (χ3v) is 6.07. The summed E-state index contributed by atoms with van der Waals surface area (Å²) in [5.41, 5.74) is 2.41. The van der Waals surface area contributed by atoms with Gasteiger partial charge in [-0.25, -0.2) is 8.42 Å². The molecular formula is C20H23ClN2O4S. The van der Waals surface area contributed by atoms with E-state index >= 15 is 0 Å². The van der Waals surface area contributed by atoms with E-state index in [1.54, 1.807) is 12.1 Å². The number of carbonyl (C=O) groups is 1. The molecule has 0 radical (unpaired) electrons. The number of nitrogens with zero attached hydrogens (tertiary/aromatic N) is 1. The zero-order valence-electron chi connectivity index (χ0n) is 15.8. The van der Waals surface area contributed by atoms with Crippen LogP contribution in [0.4, 0.5) is 5.69 Å². The lowest BCUT2D eigenvalue weighted by Gasteiger charge is -2.34. The van der Waals surface area contributed by atoms with Crippen LogP contribution in [0, 0.1) is 6.92 Å². The van der Waals surface area contributed by atoms with Crippen molar-refractivity contribution in [3.05, 3.63) is 58.6 Å². The molecular weight excluding hydrogens is 400 g/mol. The van der Waals surface area contributed by atoms with Crippen LogP contribution in [-0.4, -0.2) is 39.8 Å². The van der Waals surface area contributed by atoms with Crippen LogP contribution in [0.25, 0.3) is 0 Å². The van der Waals surface area contributed by atoms with E-state index in [1.807, 2.05) is 37.3 Å². The molecule has 1 N–H and O–H groups in total. The van der Waals surface area contributed by atoms with E-state index in [-0.39, 0.29) is 12.5 Å². The zero-order valence-corrected chi connectivity index (χ0v) is 17.4. The fourth-order valence-electron chi connectivity index (χ4n) is 3.12. The van der Waals surface area contributed by atoms with Crippen LogP contribution >= 0.6 is 11.6 Å². The molecule has 3 rings (SSSR count). The fourth-order valence-corrected chi connectivity index (χ4v) is 4.25. The monoisotopic (exact) mass is 422 g/mol. The maximum absolute atomic E-state index is 12.5. The zero-order chi connectivity index (χ0) is 20.3. The van der Waals surface area contributed by atoms with Gasteiger partial charge in [-0.2, -0.15) is 0 Å². The van der Waals surface area contributed by atoms with Crippen molar-refractivity contribution in [1.29, 1.82) is 0 Å². The summed E-state index contributed by atoms with van der Waals surface area (Å²) >= 11 is 6.14. The Labute approximate surface area is 170 Å². The summed E-state index contributed by atoms with van der Waals surface area (Å²) in [6, 6.07) is 12.9. The smallest absolute Gasteiger partial charge is 0.263 e. The molecule has 8 heteroatoms. The number of anilines is 1. The van der Waals surface area contributed by atoms with E-state index in [1.165, 1.54) is 4.31 Å². The minimum absolute atomic E-state index is 0.0500. The van der Waals surface area contributed by atoms with Gasteiger partial charge >= 0.3 is 0 Å². The van der Waals surface area contributed by atoms with Gasteiger partial charge in [0.2, 0.25) is 10.0 Å². The predicted octanol–water partition coefficient (Wildman–Crippen LogP) is 2.92. The Balaban J connectivity index is 1.63. The predicted molar refractivity (Wildman–Crippen MR) is 111 cm³/mol. The first-order valence-electron chi connectivity index (χ1n) is 9.02. The van der Waals surface area contributed by atoms with Crippen LogP contribution in [0.3, 0.4) is 0 Å². The van der Waals surface area contributed by atoms with Crippen LogP contribution in [0.5, 0.6) is 5.75 Å². The number of hydrogen-bond acceptors (Lipinski definition) is 4. The van der Waals surface area contributed by atoms with E-state index in [4.69, 9.17) is 16.3 Å². The van der Waals surface area contributed by atoms with Gasteiger partial charge in [-0.05, 0) is 49.1 Å². The number of ether oxygens (including phenoxy) is 1. The van der Waals surface area contributed by atoms with Gasteiger partial charge in [-0.3, -0.25) is 9.10 Å². The topological polar surface area (TPSA) is 75.7 Å². The van der Waals surface area contributed by atoms with E-state index in [2.05, 4.69) is 5.32 Å². The number of fused-ring (bicyclic) bond motifs is 1. The number of sulfonamides is 1. The number of rotatable bonds is 6. The van der Waals surface area contributed by atoms with Crippen LogP contribution in [0.1, 0.15) is 17.5 Å². The van der Waals surface area contributed by atoms with E-state index < -0.39 is 16.1 Å². The fraction of sp³-hybridized carbons (Fsp3) is 0.350. The summed E-state index contributed by atoms with van der Waals surface area (Å²) in [5.74, 6) is 0.0533. The molecule has 0 bridgehead atoms. The summed E-state index contributed by atoms with van der Waals surface area (Å²) in [7, 11) is -3.53. The number of nitrogens with one attached hydrogen (secondary N) is 1. The van der Waals surface area contributed by atoms with Gasteiger partial charge < -0.3 is 10.1 Å². The molecule has 0 unspecified atom stereocenters. The van der Waals surface area contributed by atoms with E-state index in [9.17, 15) is 13.2 Å². The summed E-state index contributed by atoms with van der Waals surface area (Å²) < 4.78 is 31.4. The summed E-state index contributed by atoms with van der Waals surface area (Å²) in [6.45, 7) is 2.27. The third kappa shape index (κ3) is 4.77. The van der Waals surface area contributed by atoms with Crippen LogP contribution in [0.15, 0.2) is 42.5 Å². The van der Waals surface area contributed by atoms with Gasteiger partial charge in [0.05, 0.1) is 18.5 Å². The second kappa shape index (κ2) is 8.41. The van der Waals surface area contributed by atoms with Gasteiger partial charge in [0.1, 0.15) is 5.75 Å². The first-order chi connectivity index (χ1) is 13.3. The SMILES string of the molecule is Cc1ccc2c(c1)N(S(C)(=O)=O)C[C@@H](C(=O)NCCCc1ccccc1Cl)O2. The van der Waals surface area contributed by atoms with E-state index in [0.717, 1.165) is 23.8 Å². The molecule has 0 fully saturated rings. The van der Waals surface area contributed by atoms with Crippen molar-refractivity contribution in [2.24, 2.45) is 0 Å². The Bertz CT molecular complexity index is 978. The van der Waals surface area contributed by atoms with Crippen molar-refractivity contribution in [3.63, 3.8) is 0 Å². The highest BCUT2D eigenvalue weighted by atomic mass is 35.5. The Morgan fingerprint density at radius 2 is 2.04 bits per heavy atom. The maximum Gasteiger partial charge on any atom is 0.263 e. The minimum Gasteiger partial charge on any atom is -0.476 e. The largest absolute Gasteiger partial charge is 0.476 e. The highest BCUT2D eigenvalue weighted by Crippen LogP contribution is 2.35. The van der Waals surface area contributed by atoms with Gasteiger partial charge in [-0.1, -0.05) is 35.9 Å². The lowest BCUT2D eigenvalue weighted by molar-refractivity contribution is -0.127. The second-order valence-electron chi connectivity index (χ2n) is 6.86. The van der Waals surface area contributed by atoms with Crippen molar-refractivity contribution < 1.29 is 17.9 Å². The van der Waals surface area contributed by atoms with Crippen molar-refractivity contribution in [2.45, 2.75) is 25.9 Å². The van der Waals surface area contributed by atoms with Crippen molar-refractivity contribution >= 4 is 33.2 Å². The lowest BCUT2D eigenvalue weighted by atomic mass is 10.1. The van der Waals surface area contributed by atoms with E-state index in [0.29, 0.717) is 29.4 Å². The van der Waals surface area contributed by atoms with Crippen LogP contribution in [-0.2, 0) is 21.2 Å². The molecule has 1 heterocycles. The van der Waals surface area contributed by atoms with Crippen molar-refractivity contribution in [3.8, 4) is 5.75 Å². The average Bonchev–Trinajstić information content (AvgIpc) is 2.64. The number of halogens is 1. The Hall–Kier alpha value is -2.25. The third-order valence-electron chi connectivity index (χ3n) is 4.56. The van der Waals surface area contributed by atoms with Gasteiger partial charge in [0.15, 0.2) is 6.10 Å². The van der Waals surface area contributed by atoms with Crippen molar-refractivity contribution in [1.82, 2.24) is 5.32 Å². The number of carbonyl (C=O) groups excluding carboxylic acids is 1. The highest BCUT2D eigenvalue weighted by Gasteiger charge is 2.34. The molecule has 0 saturated carbocycles. The molecule has 2 aromatic rings. The molecule has 0 saturated heterocycles. The second-order valence-corrected chi connectivity index (χ2v) is 9.17. The number of aryl methyl sites for hydroxylation is 2. The molecule has 2 aromatic carbocycles. The average molecular weight is 423 g/mol. The molecule has 6 nitrogen and oxygen atoms in total. The minimum atomic E-state index is -3.53. The molecule has 1 aliphatic heterocycles. The number of amides is 1. The highest BCUT2D eigenvalue weighted by molar-refractivity contribution is 7.92. The first-order valence-corrected chi connectivity index (χ1v) is 11.2. The quantitative estimate of drug-likeness (QED) is 0.726. The molecule has 0 aliphatic carbocycles. The Morgan fingerprint density at radius 1 is 1.29 bits per heavy atom. The summed E-state index contributed by atoms with van der Waals surface area (Å²) in [6.07, 6.45) is 1.69. The Morgan fingerprint density at radius 3 is 2.75 bits per heavy atom. The van der Waals surface area contributed by atoms with Crippen LogP contribution in [0.2, 0.25) is 5.02 Å². The first kappa shape index (κ1) is 20.5. The number of benzene rings is 2. The van der Waals surface area contributed by atoms with Gasteiger partial charge in [0, 0.05) is 11.6 Å². The maximum atomic E-state index is 12.5. The molecule has 1 atom stereocenters. The molecule has 150 valence electrons. The van der Waals surface area contributed by atoms with Gasteiger partial charge in [0.25, 0.3) is 5.91 Å². The number of hydrogen-bond donors (Lipinski definition) is 1. The molecule has 28 heavy (non-hydrogen) atoms. The molecule has 0 spiro atoms.